The summed E-state index contributed by atoms with van der Waals surface area (Å²) >= 11 is 0. The molecule has 0 aliphatic rings. The van der Waals surface area contributed by atoms with Gasteiger partial charge in [-0.25, -0.2) is 18.9 Å². The molecule has 0 radical (unpaired) electrons. The van der Waals surface area contributed by atoms with Gasteiger partial charge in [0.15, 0.2) is 5.65 Å². The van der Waals surface area contributed by atoms with Gasteiger partial charge < -0.3 is 9.84 Å². The molecule has 8 heteroatoms. The van der Waals surface area contributed by atoms with E-state index in [2.05, 4.69) is 10.1 Å². The third-order valence-corrected chi connectivity index (χ3v) is 2.37. The highest BCUT2D eigenvalue weighted by Gasteiger charge is 2.13. The topological polar surface area (TPSA) is 98.7 Å². The van der Waals surface area contributed by atoms with E-state index >= 15 is 0 Å². The Bertz CT molecular complexity index is 658. The van der Waals surface area contributed by atoms with Gasteiger partial charge in [0.2, 0.25) is 0 Å². The van der Waals surface area contributed by atoms with Crippen LogP contribution in [-0.2, 0) is 22.7 Å². The summed E-state index contributed by atoms with van der Waals surface area (Å²) in [6.07, 6.45) is 0. The largest absolute Gasteiger partial charge is 0.480 e. The van der Waals surface area contributed by atoms with Gasteiger partial charge in [0, 0.05) is 13.2 Å². The van der Waals surface area contributed by atoms with Crippen LogP contribution >= 0.6 is 0 Å². The molecule has 0 saturated carbocycles. The van der Waals surface area contributed by atoms with Crippen molar-refractivity contribution in [2.75, 3.05) is 7.11 Å². The molecule has 2 rings (SSSR count). The number of aromatic nitrogens is 4. The summed E-state index contributed by atoms with van der Waals surface area (Å²) in [5, 5.41) is 12.6. The highest BCUT2D eigenvalue weighted by Crippen LogP contribution is 2.04. The third-order valence-electron chi connectivity index (χ3n) is 2.37. The van der Waals surface area contributed by atoms with Crippen molar-refractivity contribution in [3.8, 4) is 0 Å². The van der Waals surface area contributed by atoms with Crippen LogP contribution in [0.2, 0.25) is 0 Å². The summed E-state index contributed by atoms with van der Waals surface area (Å²) in [5.74, 6) is -0.676. The lowest BCUT2D eigenvalue weighted by atomic mass is 10.4. The van der Waals surface area contributed by atoms with Crippen LogP contribution in [0.25, 0.3) is 5.65 Å². The number of aliphatic carboxylic acids is 1. The van der Waals surface area contributed by atoms with Gasteiger partial charge in [-0.15, -0.1) is 5.10 Å². The second-order valence-electron chi connectivity index (χ2n) is 3.76. The molecule has 8 nitrogen and oxygen atoms in total. The van der Waals surface area contributed by atoms with Crippen molar-refractivity contribution in [2.24, 2.45) is 0 Å². The molecule has 0 saturated heterocycles. The van der Waals surface area contributed by atoms with Gasteiger partial charge in [0.05, 0.1) is 12.3 Å². The van der Waals surface area contributed by atoms with E-state index in [4.69, 9.17) is 9.84 Å². The molecule has 2 heterocycles. The summed E-state index contributed by atoms with van der Waals surface area (Å²) in [6, 6.07) is 1.59. The Morgan fingerprint density at radius 1 is 1.56 bits per heavy atom. The highest BCUT2D eigenvalue weighted by molar-refractivity contribution is 5.66. The summed E-state index contributed by atoms with van der Waals surface area (Å²) in [7, 11) is 1.54. The number of carboxylic acid groups (broad SMARTS) is 1. The average Bonchev–Trinajstić information content (AvgIpc) is 2.55. The zero-order valence-corrected chi connectivity index (χ0v) is 9.95. The second kappa shape index (κ2) is 4.57. The van der Waals surface area contributed by atoms with Gasteiger partial charge in [-0.1, -0.05) is 0 Å². The Morgan fingerprint density at radius 2 is 2.28 bits per heavy atom. The summed E-state index contributed by atoms with van der Waals surface area (Å²) in [4.78, 5) is 26.7. The molecule has 0 aliphatic carbocycles. The molecule has 0 aromatic carbocycles. The third kappa shape index (κ3) is 2.09. The Balaban J connectivity index is 2.60. The fourth-order valence-electron chi connectivity index (χ4n) is 1.71. The standard InChI is InChI=1S/C10H12N4O4/c1-6-11-7(5-18-2)3-8-12-13(4-9(15)16)10(17)14(6)8/h3H,4-5H2,1-2H3,(H,15,16). The zero-order valence-electron chi connectivity index (χ0n) is 9.95. The van der Waals surface area contributed by atoms with Gasteiger partial charge in [-0.3, -0.25) is 4.79 Å². The van der Waals surface area contributed by atoms with E-state index in [9.17, 15) is 9.59 Å². The molecule has 0 bridgehead atoms. The van der Waals surface area contributed by atoms with Crippen LogP contribution in [0.4, 0.5) is 0 Å². The number of carbonyl (C=O) groups is 1. The molecule has 18 heavy (non-hydrogen) atoms. The van der Waals surface area contributed by atoms with Crippen LogP contribution in [-0.4, -0.2) is 37.4 Å². The maximum absolute atomic E-state index is 11.9. The van der Waals surface area contributed by atoms with Crippen LogP contribution in [0.5, 0.6) is 0 Å². The van der Waals surface area contributed by atoms with Crippen LogP contribution in [0.1, 0.15) is 11.5 Å². The fraction of sp³-hybridized carbons (Fsp3) is 0.400. The first-order valence-electron chi connectivity index (χ1n) is 5.19. The van der Waals surface area contributed by atoms with E-state index in [1.807, 2.05) is 0 Å². The molecule has 0 aliphatic heterocycles. The molecule has 2 aromatic heterocycles. The summed E-state index contributed by atoms with van der Waals surface area (Å²) < 4.78 is 7.11. The Morgan fingerprint density at radius 3 is 2.89 bits per heavy atom. The Hall–Kier alpha value is -2.22. The maximum atomic E-state index is 11.9. The fourth-order valence-corrected chi connectivity index (χ4v) is 1.71. The quantitative estimate of drug-likeness (QED) is 0.782. The molecule has 2 aromatic rings. The lowest BCUT2D eigenvalue weighted by Gasteiger charge is -2.01. The number of ether oxygens (including phenoxy) is 1. The number of methoxy groups -OCH3 is 1. The molecular formula is C10H12N4O4. The van der Waals surface area contributed by atoms with Gasteiger partial charge in [0.1, 0.15) is 12.4 Å². The van der Waals surface area contributed by atoms with Crippen molar-refractivity contribution in [1.29, 1.82) is 0 Å². The van der Waals surface area contributed by atoms with Gasteiger partial charge >= 0.3 is 11.7 Å². The first-order valence-corrected chi connectivity index (χ1v) is 5.19. The predicted molar refractivity (Wildman–Crippen MR) is 60.3 cm³/mol. The minimum atomic E-state index is -1.12. The first-order chi connectivity index (χ1) is 8.52. The number of hydrogen-bond acceptors (Lipinski definition) is 5. The van der Waals surface area contributed by atoms with Crippen LogP contribution in [0.3, 0.4) is 0 Å². The van der Waals surface area contributed by atoms with E-state index in [1.165, 1.54) is 11.5 Å². The van der Waals surface area contributed by atoms with Crippen LogP contribution < -0.4 is 5.69 Å². The molecule has 96 valence electrons. The normalized spacial score (nSPS) is 11.0. The Labute approximate surface area is 101 Å². The Kier molecular flexibility index (Phi) is 3.11. The maximum Gasteiger partial charge on any atom is 0.352 e. The number of hydrogen-bond donors (Lipinski definition) is 1. The molecule has 0 unspecified atom stereocenters. The number of rotatable bonds is 4. The smallest absolute Gasteiger partial charge is 0.352 e. The number of aryl methyl sites for hydroxylation is 1. The average molecular weight is 252 g/mol. The van der Waals surface area contributed by atoms with Crippen molar-refractivity contribution in [1.82, 2.24) is 19.2 Å². The molecule has 0 atom stereocenters. The molecule has 1 N–H and O–H groups in total. The van der Waals surface area contributed by atoms with Gasteiger partial charge in [-0.2, -0.15) is 0 Å². The van der Waals surface area contributed by atoms with E-state index < -0.39 is 18.2 Å². The van der Waals surface area contributed by atoms with E-state index in [1.54, 1.807) is 13.0 Å². The van der Waals surface area contributed by atoms with Crippen LogP contribution in [0, 0.1) is 6.92 Å². The van der Waals surface area contributed by atoms with Crippen molar-refractivity contribution in [2.45, 2.75) is 20.1 Å². The number of fused-ring (bicyclic) bond motifs is 1. The highest BCUT2D eigenvalue weighted by atomic mass is 16.5. The summed E-state index contributed by atoms with van der Waals surface area (Å²) in [6.45, 7) is 1.48. The van der Waals surface area contributed by atoms with Crippen molar-refractivity contribution < 1.29 is 14.6 Å². The molecule has 0 fully saturated rings. The molecule has 0 amide bonds. The second-order valence-corrected chi connectivity index (χ2v) is 3.76. The van der Waals surface area contributed by atoms with Crippen molar-refractivity contribution in [3.63, 3.8) is 0 Å². The number of nitrogens with zero attached hydrogens (tertiary/aromatic N) is 4. The monoisotopic (exact) mass is 252 g/mol. The van der Waals surface area contributed by atoms with Crippen molar-refractivity contribution in [3.05, 3.63) is 28.1 Å². The minimum Gasteiger partial charge on any atom is -0.480 e. The van der Waals surface area contributed by atoms with Crippen molar-refractivity contribution >= 4 is 11.6 Å². The zero-order chi connectivity index (χ0) is 13.3. The van der Waals surface area contributed by atoms with E-state index in [0.717, 1.165) is 4.68 Å². The van der Waals surface area contributed by atoms with E-state index in [-0.39, 0.29) is 0 Å². The lowest BCUT2D eigenvalue weighted by molar-refractivity contribution is -0.137. The van der Waals surface area contributed by atoms with Gasteiger partial charge in [-0.05, 0) is 6.92 Å². The van der Waals surface area contributed by atoms with E-state index in [0.29, 0.717) is 23.8 Å². The summed E-state index contributed by atoms with van der Waals surface area (Å²) in [5.41, 5.74) is 0.483. The van der Waals surface area contributed by atoms with Gasteiger partial charge in [0.25, 0.3) is 0 Å². The molecular weight excluding hydrogens is 240 g/mol. The lowest BCUT2D eigenvalue weighted by Crippen LogP contribution is -2.25. The predicted octanol–water partition coefficient (Wildman–Crippen LogP) is -0.570. The SMILES string of the molecule is COCc1cc2nn(CC(=O)O)c(=O)n2c(C)n1. The minimum absolute atomic E-state index is 0.303. The first kappa shape index (κ1) is 12.2. The number of carboxylic acids is 1. The van der Waals surface area contributed by atoms with Crippen LogP contribution in [0.15, 0.2) is 10.9 Å². The molecule has 0 spiro atoms.